The lowest BCUT2D eigenvalue weighted by atomic mass is 10.0. The number of hydrogen-bond donors (Lipinski definition) is 1. The van der Waals surface area contributed by atoms with Gasteiger partial charge in [0, 0.05) is 31.1 Å². The van der Waals surface area contributed by atoms with Crippen molar-refractivity contribution < 1.29 is 19.5 Å². The molecule has 2 heterocycles. The number of carbonyl (C=O) groups is 3. The molecule has 29 heavy (non-hydrogen) atoms. The Balaban J connectivity index is 1.70. The molecule has 1 saturated carbocycles. The molecule has 1 atom stereocenters. The van der Waals surface area contributed by atoms with Crippen molar-refractivity contribution in [3.8, 4) is 11.1 Å². The standard InChI is InChI=1S/C21H24N4O4/c1-13-11-24(21(29)15-3-4-15)19-9-16(5-6-18(19)25(13)14(2)26)17-10-22-23(12-17)8-7-20(27)28/h5-6,9-10,12-13,15H,3-4,7-8,11H2,1-2H3,(H,27,28). The maximum atomic E-state index is 12.9. The van der Waals surface area contributed by atoms with Crippen molar-refractivity contribution >= 4 is 29.2 Å². The normalized spacial score (nSPS) is 18.5. The summed E-state index contributed by atoms with van der Waals surface area (Å²) in [6, 6.07) is 5.62. The highest BCUT2D eigenvalue weighted by Gasteiger charge is 2.39. The molecule has 2 aromatic rings. The fraction of sp³-hybridized carbons (Fsp3) is 0.429. The molecule has 2 amide bonds. The summed E-state index contributed by atoms with van der Waals surface area (Å²) in [6.07, 6.45) is 5.33. The Bertz CT molecular complexity index is 979. The van der Waals surface area contributed by atoms with E-state index in [1.54, 1.807) is 28.9 Å². The summed E-state index contributed by atoms with van der Waals surface area (Å²) in [7, 11) is 0. The van der Waals surface area contributed by atoms with Crippen LogP contribution >= 0.6 is 0 Å². The van der Waals surface area contributed by atoms with Gasteiger partial charge in [-0.1, -0.05) is 6.07 Å². The highest BCUT2D eigenvalue weighted by molar-refractivity contribution is 6.06. The molecule has 1 aliphatic carbocycles. The smallest absolute Gasteiger partial charge is 0.305 e. The molecule has 1 aromatic heterocycles. The second-order valence-electron chi connectivity index (χ2n) is 7.80. The van der Waals surface area contributed by atoms with Crippen LogP contribution in [0.2, 0.25) is 0 Å². The van der Waals surface area contributed by atoms with Gasteiger partial charge in [-0.15, -0.1) is 0 Å². The third kappa shape index (κ3) is 3.74. The number of aryl methyl sites for hydroxylation is 1. The quantitative estimate of drug-likeness (QED) is 0.838. The van der Waals surface area contributed by atoms with E-state index in [2.05, 4.69) is 5.10 Å². The lowest BCUT2D eigenvalue weighted by Gasteiger charge is -2.41. The number of fused-ring (bicyclic) bond motifs is 1. The number of anilines is 2. The van der Waals surface area contributed by atoms with Crippen LogP contribution in [0, 0.1) is 5.92 Å². The number of benzene rings is 1. The molecule has 1 aromatic carbocycles. The van der Waals surface area contributed by atoms with Gasteiger partial charge in [-0.25, -0.2) is 0 Å². The van der Waals surface area contributed by atoms with E-state index in [0.717, 1.165) is 35.3 Å². The topological polar surface area (TPSA) is 95.7 Å². The van der Waals surface area contributed by atoms with Crippen molar-refractivity contribution in [3.63, 3.8) is 0 Å². The summed E-state index contributed by atoms with van der Waals surface area (Å²) in [5.41, 5.74) is 3.19. The molecule has 152 valence electrons. The Kier molecular flexibility index (Phi) is 4.86. The predicted octanol–water partition coefficient (Wildman–Crippen LogP) is 2.52. The number of rotatable bonds is 5. The highest BCUT2D eigenvalue weighted by atomic mass is 16.4. The van der Waals surface area contributed by atoms with Gasteiger partial charge in [-0.3, -0.25) is 19.1 Å². The van der Waals surface area contributed by atoms with Crippen molar-refractivity contribution in [3.05, 3.63) is 30.6 Å². The Morgan fingerprint density at radius 1 is 1.17 bits per heavy atom. The first kappa shape index (κ1) is 19.2. The number of hydrogen-bond acceptors (Lipinski definition) is 4. The monoisotopic (exact) mass is 396 g/mol. The predicted molar refractivity (Wildman–Crippen MR) is 108 cm³/mol. The zero-order valence-corrected chi connectivity index (χ0v) is 16.5. The molecular formula is C21H24N4O4. The van der Waals surface area contributed by atoms with Crippen LogP contribution in [0.5, 0.6) is 0 Å². The van der Waals surface area contributed by atoms with Crippen molar-refractivity contribution in [2.45, 2.75) is 45.7 Å². The third-order valence-electron chi connectivity index (χ3n) is 5.47. The summed E-state index contributed by atoms with van der Waals surface area (Å²) < 4.78 is 1.60. The molecule has 1 N–H and O–H groups in total. The molecule has 2 aliphatic rings. The summed E-state index contributed by atoms with van der Waals surface area (Å²) >= 11 is 0. The number of nitrogens with zero attached hydrogens (tertiary/aromatic N) is 4. The summed E-state index contributed by atoms with van der Waals surface area (Å²) in [5.74, 6) is -0.716. The fourth-order valence-electron chi connectivity index (χ4n) is 3.89. The summed E-state index contributed by atoms with van der Waals surface area (Å²) in [5, 5.41) is 13.1. The minimum Gasteiger partial charge on any atom is -0.481 e. The minimum atomic E-state index is -0.872. The van der Waals surface area contributed by atoms with Gasteiger partial charge in [0.25, 0.3) is 0 Å². The van der Waals surface area contributed by atoms with Crippen molar-refractivity contribution in [1.29, 1.82) is 0 Å². The van der Waals surface area contributed by atoms with Gasteiger partial charge in [0.1, 0.15) is 0 Å². The van der Waals surface area contributed by atoms with Crippen molar-refractivity contribution in [2.75, 3.05) is 16.3 Å². The van der Waals surface area contributed by atoms with Gasteiger partial charge in [-0.05, 0) is 37.5 Å². The number of amides is 2. The van der Waals surface area contributed by atoms with E-state index in [1.807, 2.05) is 30.0 Å². The minimum absolute atomic E-state index is 0.000432. The van der Waals surface area contributed by atoms with Gasteiger partial charge in [-0.2, -0.15) is 5.10 Å². The van der Waals surface area contributed by atoms with Crippen LogP contribution in [0.25, 0.3) is 11.1 Å². The van der Waals surface area contributed by atoms with Crippen LogP contribution in [0.3, 0.4) is 0 Å². The van der Waals surface area contributed by atoms with E-state index in [4.69, 9.17) is 5.11 Å². The molecular weight excluding hydrogens is 372 g/mol. The zero-order valence-electron chi connectivity index (χ0n) is 16.5. The Hall–Kier alpha value is -3.16. The Morgan fingerprint density at radius 3 is 2.59 bits per heavy atom. The molecule has 0 spiro atoms. The molecule has 8 heteroatoms. The first-order valence-corrected chi connectivity index (χ1v) is 9.85. The van der Waals surface area contributed by atoms with Gasteiger partial charge in [0.2, 0.25) is 11.8 Å². The summed E-state index contributed by atoms with van der Waals surface area (Å²) in [4.78, 5) is 39.5. The van der Waals surface area contributed by atoms with Crippen LogP contribution in [0.1, 0.15) is 33.1 Å². The van der Waals surface area contributed by atoms with Crippen LogP contribution in [-0.4, -0.2) is 45.3 Å². The van der Waals surface area contributed by atoms with Crippen LogP contribution in [-0.2, 0) is 20.9 Å². The first-order valence-electron chi connectivity index (χ1n) is 9.85. The molecule has 0 radical (unpaired) electrons. The van der Waals surface area contributed by atoms with E-state index < -0.39 is 5.97 Å². The SMILES string of the molecule is CC(=O)N1c2ccc(-c3cnn(CCC(=O)O)c3)cc2N(C(=O)C2CC2)CC1C. The average molecular weight is 396 g/mol. The van der Waals surface area contributed by atoms with E-state index in [0.29, 0.717) is 13.1 Å². The number of aliphatic carboxylic acids is 1. The third-order valence-corrected chi connectivity index (χ3v) is 5.47. The van der Waals surface area contributed by atoms with Crippen molar-refractivity contribution in [1.82, 2.24) is 9.78 Å². The van der Waals surface area contributed by atoms with Crippen LogP contribution in [0.4, 0.5) is 11.4 Å². The molecule has 1 aliphatic heterocycles. The largest absolute Gasteiger partial charge is 0.481 e. The molecule has 4 rings (SSSR count). The Labute approximate surface area is 168 Å². The molecule has 1 unspecified atom stereocenters. The second kappa shape index (κ2) is 7.35. The van der Waals surface area contributed by atoms with E-state index in [-0.39, 0.29) is 30.2 Å². The average Bonchev–Trinajstić information content (AvgIpc) is 3.42. The number of carboxylic acids is 1. The summed E-state index contributed by atoms with van der Waals surface area (Å²) in [6.45, 7) is 4.27. The maximum absolute atomic E-state index is 12.9. The second-order valence-corrected chi connectivity index (χ2v) is 7.80. The van der Waals surface area contributed by atoms with Gasteiger partial charge in [0.05, 0.1) is 36.6 Å². The van der Waals surface area contributed by atoms with E-state index in [1.165, 1.54) is 0 Å². The molecule has 0 bridgehead atoms. The van der Waals surface area contributed by atoms with Crippen LogP contribution in [0.15, 0.2) is 30.6 Å². The number of carboxylic acid groups (broad SMARTS) is 1. The number of carbonyl (C=O) groups excluding carboxylic acids is 2. The molecule has 1 fully saturated rings. The maximum Gasteiger partial charge on any atom is 0.305 e. The highest BCUT2D eigenvalue weighted by Crippen LogP contribution is 2.41. The Morgan fingerprint density at radius 2 is 1.93 bits per heavy atom. The van der Waals surface area contributed by atoms with E-state index >= 15 is 0 Å². The number of aromatic nitrogens is 2. The van der Waals surface area contributed by atoms with Gasteiger partial charge >= 0.3 is 5.97 Å². The van der Waals surface area contributed by atoms with Crippen molar-refractivity contribution in [2.24, 2.45) is 5.92 Å². The molecule has 8 nitrogen and oxygen atoms in total. The lowest BCUT2D eigenvalue weighted by molar-refractivity contribution is -0.137. The molecule has 0 saturated heterocycles. The van der Waals surface area contributed by atoms with E-state index in [9.17, 15) is 14.4 Å². The van der Waals surface area contributed by atoms with Gasteiger partial charge < -0.3 is 14.9 Å². The van der Waals surface area contributed by atoms with Crippen LogP contribution < -0.4 is 9.80 Å². The van der Waals surface area contributed by atoms with Gasteiger partial charge in [0.15, 0.2) is 0 Å². The zero-order chi connectivity index (χ0) is 20.7. The first-order chi connectivity index (χ1) is 13.8. The lowest BCUT2D eigenvalue weighted by Crippen LogP contribution is -2.51. The fourth-order valence-corrected chi connectivity index (χ4v) is 3.89.